The van der Waals surface area contributed by atoms with Crippen LogP contribution in [-0.4, -0.2) is 43.6 Å². The summed E-state index contributed by atoms with van der Waals surface area (Å²) in [5.41, 5.74) is -0.655. The number of aromatic nitrogens is 1. The highest BCUT2D eigenvalue weighted by Gasteiger charge is 2.36. The summed E-state index contributed by atoms with van der Waals surface area (Å²) in [6.45, 7) is 0.934. The lowest BCUT2D eigenvalue weighted by Gasteiger charge is -2.32. The second-order valence-corrected chi connectivity index (χ2v) is 8.07. The summed E-state index contributed by atoms with van der Waals surface area (Å²) in [6.07, 6.45) is -3.03. The van der Waals surface area contributed by atoms with Crippen molar-refractivity contribution in [2.45, 2.75) is 31.9 Å². The van der Waals surface area contributed by atoms with Gasteiger partial charge < -0.3 is 15.0 Å². The van der Waals surface area contributed by atoms with Gasteiger partial charge in [0.1, 0.15) is 12.4 Å². The fraction of sp³-hybridized carbons (Fsp3) is 0.500. The van der Waals surface area contributed by atoms with Crippen LogP contribution in [0.2, 0.25) is 0 Å². The Labute approximate surface area is 180 Å². The number of nitriles is 1. The van der Waals surface area contributed by atoms with E-state index in [4.69, 9.17) is 10.00 Å². The van der Waals surface area contributed by atoms with Gasteiger partial charge in [0.25, 0.3) is 5.91 Å². The quantitative estimate of drug-likeness (QED) is 0.528. The molecule has 1 fully saturated rings. The number of nitrogens with zero attached hydrogens (tertiary/aromatic N) is 3. The Hall–Kier alpha value is -2.87. The molecule has 7 nitrogen and oxygen atoms in total. The number of hydrogen-bond acceptors (Lipinski definition) is 7. The molecule has 1 saturated heterocycles. The van der Waals surface area contributed by atoms with Gasteiger partial charge in [-0.2, -0.15) is 18.4 Å². The highest BCUT2D eigenvalue weighted by atomic mass is 32.1. The molecule has 0 atom stereocenters. The summed E-state index contributed by atoms with van der Waals surface area (Å²) in [5.74, 6) is -0.642. The van der Waals surface area contributed by atoms with E-state index in [1.54, 1.807) is 4.90 Å². The fourth-order valence-electron chi connectivity index (χ4n) is 3.53. The lowest BCUT2D eigenvalue weighted by atomic mass is 9.93. The maximum atomic E-state index is 13.7. The number of carbonyl (C=O) groups excluding carboxylic acids is 2. The van der Waals surface area contributed by atoms with E-state index in [9.17, 15) is 22.8 Å². The predicted molar refractivity (Wildman–Crippen MR) is 109 cm³/mol. The van der Waals surface area contributed by atoms with Gasteiger partial charge in [0.15, 0.2) is 0 Å². The molecular weight excluding hydrogens is 433 g/mol. The molecule has 11 heteroatoms. The van der Waals surface area contributed by atoms with Crippen LogP contribution >= 0.6 is 11.3 Å². The van der Waals surface area contributed by atoms with Crippen LogP contribution in [0.5, 0.6) is 0 Å². The molecular formula is C20H21F3N4O3S. The van der Waals surface area contributed by atoms with Crippen molar-refractivity contribution in [2.75, 3.05) is 31.6 Å². The third kappa shape index (κ3) is 5.25. The van der Waals surface area contributed by atoms with Crippen LogP contribution in [0.4, 0.5) is 19.0 Å². The Balaban J connectivity index is 1.78. The number of halogens is 3. The number of piperidine rings is 1. The van der Waals surface area contributed by atoms with E-state index in [0.29, 0.717) is 25.9 Å². The lowest BCUT2D eigenvalue weighted by Crippen LogP contribution is -2.35. The van der Waals surface area contributed by atoms with Crippen LogP contribution in [0.25, 0.3) is 10.2 Å². The lowest BCUT2D eigenvalue weighted by molar-refractivity contribution is -0.144. The molecule has 1 aliphatic rings. The molecule has 3 rings (SSSR count). The smallest absolute Gasteiger partial charge is 0.417 e. The van der Waals surface area contributed by atoms with Crippen LogP contribution in [0, 0.1) is 17.2 Å². The number of pyridine rings is 1. The number of nitrogens with one attached hydrogen (secondary N) is 1. The summed E-state index contributed by atoms with van der Waals surface area (Å²) in [5, 5.41) is 12.3. The van der Waals surface area contributed by atoms with Gasteiger partial charge in [-0.25, -0.2) is 4.98 Å². The summed E-state index contributed by atoms with van der Waals surface area (Å²) in [6, 6.07) is 2.93. The minimum absolute atomic E-state index is 0.0392. The van der Waals surface area contributed by atoms with E-state index in [1.807, 2.05) is 6.07 Å². The van der Waals surface area contributed by atoms with Crippen molar-refractivity contribution in [1.29, 1.82) is 5.26 Å². The Morgan fingerprint density at radius 2 is 2.10 bits per heavy atom. The molecule has 0 aliphatic carbocycles. The van der Waals surface area contributed by atoms with E-state index < -0.39 is 17.6 Å². The van der Waals surface area contributed by atoms with Crippen molar-refractivity contribution in [1.82, 2.24) is 10.3 Å². The Morgan fingerprint density at radius 3 is 2.71 bits per heavy atom. The highest BCUT2D eigenvalue weighted by Crippen LogP contribution is 2.40. The first-order chi connectivity index (χ1) is 14.7. The van der Waals surface area contributed by atoms with Crippen molar-refractivity contribution in [3.63, 3.8) is 0 Å². The van der Waals surface area contributed by atoms with Crippen LogP contribution in [0.3, 0.4) is 0 Å². The van der Waals surface area contributed by atoms with Gasteiger partial charge in [-0.1, -0.05) is 0 Å². The molecule has 0 unspecified atom stereocenters. The molecule has 1 N–H and O–H groups in total. The number of rotatable bonds is 6. The van der Waals surface area contributed by atoms with Crippen molar-refractivity contribution >= 4 is 39.2 Å². The van der Waals surface area contributed by atoms with Gasteiger partial charge in [-0.15, -0.1) is 11.3 Å². The zero-order valence-corrected chi connectivity index (χ0v) is 17.6. The van der Waals surface area contributed by atoms with Crippen LogP contribution in [0.1, 0.15) is 41.6 Å². The number of alkyl halides is 3. The molecule has 31 heavy (non-hydrogen) atoms. The van der Waals surface area contributed by atoms with Crippen LogP contribution in [0.15, 0.2) is 11.4 Å². The Morgan fingerprint density at radius 1 is 1.39 bits per heavy atom. The highest BCUT2D eigenvalue weighted by molar-refractivity contribution is 7.17. The average molecular weight is 454 g/mol. The third-order valence-electron chi connectivity index (χ3n) is 5.16. The third-order valence-corrected chi connectivity index (χ3v) is 6.16. The normalized spacial score (nSPS) is 15.0. The molecule has 0 aromatic carbocycles. The van der Waals surface area contributed by atoms with E-state index in [0.717, 1.165) is 17.4 Å². The van der Waals surface area contributed by atoms with E-state index in [2.05, 4.69) is 10.3 Å². The van der Waals surface area contributed by atoms with E-state index >= 15 is 0 Å². The predicted octanol–water partition coefficient (Wildman–Crippen LogP) is 3.74. The first-order valence-corrected chi connectivity index (χ1v) is 10.6. The second-order valence-electron chi connectivity index (χ2n) is 7.20. The van der Waals surface area contributed by atoms with Gasteiger partial charge in [0, 0.05) is 31.9 Å². The average Bonchev–Trinajstić information content (AvgIpc) is 3.16. The summed E-state index contributed by atoms with van der Waals surface area (Å²) < 4.78 is 46.0. The Bertz CT molecular complexity index is 1010. The maximum absolute atomic E-state index is 13.7. The molecule has 3 heterocycles. The number of fused-ring (bicyclic) bond motifs is 1. The van der Waals surface area contributed by atoms with Crippen molar-refractivity contribution < 1.29 is 27.5 Å². The second kappa shape index (κ2) is 9.51. The van der Waals surface area contributed by atoms with E-state index in [1.165, 1.54) is 12.4 Å². The molecule has 166 valence electrons. The van der Waals surface area contributed by atoms with Crippen molar-refractivity contribution in [3.05, 3.63) is 22.6 Å². The van der Waals surface area contributed by atoms with Gasteiger partial charge in [-0.3, -0.25) is 9.59 Å². The molecule has 0 saturated carbocycles. The molecule has 2 aromatic heterocycles. The molecule has 0 bridgehead atoms. The minimum atomic E-state index is -4.58. The van der Waals surface area contributed by atoms with E-state index in [-0.39, 0.29) is 52.9 Å². The van der Waals surface area contributed by atoms with Crippen LogP contribution in [-0.2, 0) is 15.7 Å². The largest absolute Gasteiger partial charge is 0.465 e. The Kier molecular flexibility index (Phi) is 7.00. The first-order valence-electron chi connectivity index (χ1n) is 9.73. The van der Waals surface area contributed by atoms with Gasteiger partial charge in [0.05, 0.1) is 33.8 Å². The van der Waals surface area contributed by atoms with Gasteiger partial charge in [-0.05, 0) is 24.8 Å². The first kappa shape index (κ1) is 22.8. The standard InChI is InChI=1S/C20H21F3N4O3S/c1-25-19(29)13-11-31-18-14(20(21,22)23)10-15(26-17(13)18)27-6-3-12(4-7-27)9-16(28)30-8-2-5-24/h10-12H,2-4,6-9H2,1H3,(H,25,29). The number of hydrogen-bond donors (Lipinski definition) is 1. The van der Waals surface area contributed by atoms with Crippen LogP contribution < -0.4 is 10.2 Å². The summed E-state index contributed by atoms with van der Waals surface area (Å²) in [7, 11) is 1.41. The minimum Gasteiger partial charge on any atom is -0.465 e. The SMILES string of the molecule is CNC(=O)c1csc2c(C(F)(F)F)cc(N3CCC(CC(=O)OCCC#N)CC3)nc12. The zero-order chi connectivity index (χ0) is 22.6. The maximum Gasteiger partial charge on any atom is 0.417 e. The molecule has 1 aliphatic heterocycles. The number of anilines is 1. The molecule has 0 spiro atoms. The monoisotopic (exact) mass is 454 g/mol. The fourth-order valence-corrected chi connectivity index (χ4v) is 4.56. The topological polar surface area (TPSA) is 95.3 Å². The molecule has 1 amide bonds. The van der Waals surface area contributed by atoms with Gasteiger partial charge in [0.2, 0.25) is 0 Å². The molecule has 2 aromatic rings. The number of esters is 1. The summed E-state index contributed by atoms with van der Waals surface area (Å²) in [4.78, 5) is 30.0. The zero-order valence-electron chi connectivity index (χ0n) is 16.8. The van der Waals surface area contributed by atoms with Crippen molar-refractivity contribution in [2.24, 2.45) is 5.92 Å². The number of ether oxygens (including phenoxy) is 1. The van der Waals surface area contributed by atoms with Crippen molar-refractivity contribution in [3.8, 4) is 6.07 Å². The number of thiophene rings is 1. The molecule has 0 radical (unpaired) electrons. The van der Waals surface area contributed by atoms with Gasteiger partial charge >= 0.3 is 12.1 Å². The number of amides is 1. The summed E-state index contributed by atoms with van der Waals surface area (Å²) >= 11 is 0.848. The number of carbonyl (C=O) groups is 2.